The van der Waals surface area contributed by atoms with Crippen LogP contribution in [-0.2, 0) is 0 Å². The van der Waals surface area contributed by atoms with Gasteiger partial charge in [-0.15, -0.1) is 11.8 Å². The summed E-state index contributed by atoms with van der Waals surface area (Å²) in [4.78, 5) is 4.17. The van der Waals surface area contributed by atoms with Crippen molar-refractivity contribution in [3.05, 3.63) is 88.5 Å². The predicted molar refractivity (Wildman–Crippen MR) is 120 cm³/mol. The number of thioether (sulfide) groups is 1. The van der Waals surface area contributed by atoms with Gasteiger partial charge in [0.25, 0.3) is 0 Å². The fourth-order valence-corrected chi connectivity index (χ4v) is 5.64. The van der Waals surface area contributed by atoms with Crippen molar-refractivity contribution in [2.75, 3.05) is 6.54 Å². The Kier molecular flexibility index (Phi) is 5.73. The maximum Gasteiger partial charge on any atom is 0.0489 e. The van der Waals surface area contributed by atoms with Crippen molar-refractivity contribution < 1.29 is 0 Å². The van der Waals surface area contributed by atoms with Crippen molar-refractivity contribution in [1.29, 1.82) is 0 Å². The van der Waals surface area contributed by atoms with Gasteiger partial charge in [-0.25, -0.2) is 0 Å². The zero-order chi connectivity index (χ0) is 18.6. The first-order chi connectivity index (χ1) is 13.2. The topological polar surface area (TPSA) is 3.24 Å². The molecule has 1 fully saturated rings. The molecule has 3 aliphatic rings. The van der Waals surface area contributed by atoms with Gasteiger partial charge in [-0.2, -0.15) is 0 Å². The van der Waals surface area contributed by atoms with E-state index >= 15 is 0 Å². The number of fused-ring (bicyclic) bond motifs is 1. The number of allylic oxidation sites excluding steroid dienone is 8. The number of rotatable bonds is 3. The average molecular weight is 376 g/mol. The first kappa shape index (κ1) is 18.4. The maximum absolute atomic E-state index is 2.70. The molecule has 0 radical (unpaired) electrons. The Bertz CT molecular complexity index is 822. The van der Waals surface area contributed by atoms with E-state index < -0.39 is 0 Å². The third-order valence-electron chi connectivity index (χ3n) is 5.73. The second-order valence-electron chi connectivity index (χ2n) is 7.66. The van der Waals surface area contributed by atoms with E-state index in [-0.39, 0.29) is 0 Å². The molecule has 2 atom stereocenters. The highest BCUT2D eigenvalue weighted by molar-refractivity contribution is 8.04. The van der Waals surface area contributed by atoms with Gasteiger partial charge in [-0.1, -0.05) is 66.3 Å². The lowest BCUT2D eigenvalue weighted by Crippen LogP contribution is -2.47. The average Bonchev–Trinajstić information content (AvgIpc) is 2.72. The molecular weight excluding hydrogens is 346 g/mol. The van der Waals surface area contributed by atoms with Crippen molar-refractivity contribution in [2.24, 2.45) is 0 Å². The van der Waals surface area contributed by atoms with E-state index in [0.717, 1.165) is 6.54 Å². The Morgan fingerprint density at radius 2 is 2.00 bits per heavy atom. The first-order valence-corrected chi connectivity index (χ1v) is 11.0. The number of nitrogens with zero attached hydrogens (tertiary/aromatic N) is 1. The maximum atomic E-state index is 2.70. The molecule has 1 aliphatic heterocycles. The molecule has 140 valence electrons. The molecule has 0 aromatic heterocycles. The van der Waals surface area contributed by atoms with Gasteiger partial charge in [0.05, 0.1) is 0 Å². The van der Waals surface area contributed by atoms with Crippen LogP contribution in [0.15, 0.2) is 77.4 Å². The van der Waals surface area contributed by atoms with Gasteiger partial charge in [-0.3, -0.25) is 0 Å². The zero-order valence-electron chi connectivity index (χ0n) is 16.4. The standard InChI is InChI=1S/C25H29NS/c1-3-4-10-23-18-26(22-8-6-5-7-9-22)24-16-15-21(17-25(24)27-23)20-13-11-19(2)12-14-20/h3-6,8,10-14,17,24-25H,7,9,15-16,18H2,1-2H3/b4-3-,23-10+. The molecule has 2 unspecified atom stereocenters. The summed E-state index contributed by atoms with van der Waals surface area (Å²) in [5, 5.41) is 0.534. The molecule has 1 saturated heterocycles. The van der Waals surface area contributed by atoms with Crippen molar-refractivity contribution >= 4 is 17.3 Å². The molecule has 27 heavy (non-hydrogen) atoms. The van der Waals surface area contributed by atoms with Crippen LogP contribution in [0.2, 0.25) is 0 Å². The zero-order valence-corrected chi connectivity index (χ0v) is 17.2. The van der Waals surface area contributed by atoms with Gasteiger partial charge in [0.1, 0.15) is 0 Å². The third-order valence-corrected chi connectivity index (χ3v) is 7.02. The van der Waals surface area contributed by atoms with E-state index in [1.807, 2.05) is 0 Å². The Morgan fingerprint density at radius 1 is 1.15 bits per heavy atom. The highest BCUT2D eigenvalue weighted by atomic mass is 32.2. The lowest BCUT2D eigenvalue weighted by atomic mass is 9.88. The summed E-state index contributed by atoms with van der Waals surface area (Å²) in [6.07, 6.45) is 20.8. The molecule has 0 spiro atoms. The van der Waals surface area contributed by atoms with Gasteiger partial charge in [0.2, 0.25) is 0 Å². The van der Waals surface area contributed by atoms with Gasteiger partial charge < -0.3 is 4.90 Å². The quantitative estimate of drug-likeness (QED) is 0.581. The van der Waals surface area contributed by atoms with Crippen LogP contribution in [-0.4, -0.2) is 22.7 Å². The smallest absolute Gasteiger partial charge is 0.0489 e. The lowest BCUT2D eigenvalue weighted by molar-refractivity contribution is 0.249. The van der Waals surface area contributed by atoms with Crippen molar-refractivity contribution in [2.45, 2.75) is 50.8 Å². The molecule has 0 saturated carbocycles. The monoisotopic (exact) mass is 375 g/mol. The molecule has 1 nitrogen and oxygen atoms in total. The van der Waals surface area contributed by atoms with Gasteiger partial charge in [0.15, 0.2) is 0 Å². The molecule has 1 heterocycles. The summed E-state index contributed by atoms with van der Waals surface area (Å²) < 4.78 is 0. The molecule has 4 rings (SSSR count). The highest BCUT2D eigenvalue weighted by Gasteiger charge is 2.36. The minimum Gasteiger partial charge on any atom is -0.366 e. The van der Waals surface area contributed by atoms with Gasteiger partial charge in [0, 0.05) is 28.4 Å². The molecular formula is C25H29NS. The Labute approximate surface area is 168 Å². The third kappa shape index (κ3) is 4.16. The normalized spacial score (nSPS) is 26.9. The Hall–Kier alpha value is -1.93. The van der Waals surface area contributed by atoms with Crippen LogP contribution < -0.4 is 0 Å². The van der Waals surface area contributed by atoms with E-state index in [1.165, 1.54) is 53.0 Å². The molecule has 2 heteroatoms. The fraction of sp³-hybridized carbons (Fsp3) is 0.360. The minimum absolute atomic E-state index is 0.534. The minimum atomic E-state index is 0.534. The largest absolute Gasteiger partial charge is 0.366 e. The second kappa shape index (κ2) is 8.39. The van der Waals surface area contributed by atoms with Crippen molar-refractivity contribution in [3.63, 3.8) is 0 Å². The molecule has 0 N–H and O–H groups in total. The van der Waals surface area contributed by atoms with Crippen LogP contribution in [0, 0.1) is 6.92 Å². The van der Waals surface area contributed by atoms with E-state index in [9.17, 15) is 0 Å². The summed E-state index contributed by atoms with van der Waals surface area (Å²) >= 11 is 2.07. The summed E-state index contributed by atoms with van der Waals surface area (Å²) in [6.45, 7) is 5.31. The first-order valence-electron chi connectivity index (χ1n) is 10.1. The van der Waals surface area contributed by atoms with Crippen LogP contribution in [0.5, 0.6) is 0 Å². The summed E-state index contributed by atoms with van der Waals surface area (Å²) in [6, 6.07) is 9.66. The Balaban J connectivity index is 1.65. The van der Waals surface area contributed by atoms with E-state index in [4.69, 9.17) is 0 Å². The van der Waals surface area contributed by atoms with Crippen LogP contribution in [0.3, 0.4) is 0 Å². The van der Waals surface area contributed by atoms with Crippen LogP contribution in [0.25, 0.3) is 5.57 Å². The van der Waals surface area contributed by atoms with Gasteiger partial charge in [-0.05, 0) is 56.7 Å². The van der Waals surface area contributed by atoms with Crippen LogP contribution in [0.4, 0.5) is 0 Å². The number of hydrogen-bond acceptors (Lipinski definition) is 2. The highest BCUT2D eigenvalue weighted by Crippen LogP contribution is 2.43. The molecule has 1 aromatic rings. The summed E-state index contributed by atoms with van der Waals surface area (Å²) in [7, 11) is 0. The lowest BCUT2D eigenvalue weighted by Gasteiger charge is -2.46. The van der Waals surface area contributed by atoms with E-state index in [1.54, 1.807) is 0 Å². The summed E-state index contributed by atoms with van der Waals surface area (Å²) in [5.74, 6) is 0. The second-order valence-corrected chi connectivity index (χ2v) is 8.96. The van der Waals surface area contributed by atoms with Crippen molar-refractivity contribution in [3.8, 4) is 0 Å². The number of benzene rings is 1. The molecule has 0 bridgehead atoms. The molecule has 1 aromatic carbocycles. The fourth-order valence-electron chi connectivity index (χ4n) is 4.25. The summed E-state index contributed by atoms with van der Waals surface area (Å²) in [5.41, 5.74) is 5.77. The van der Waals surface area contributed by atoms with Crippen LogP contribution >= 0.6 is 11.8 Å². The molecule has 2 aliphatic carbocycles. The van der Waals surface area contributed by atoms with E-state index in [2.05, 4.69) is 97.3 Å². The van der Waals surface area contributed by atoms with Crippen LogP contribution in [0.1, 0.15) is 43.7 Å². The molecule has 0 amide bonds. The Morgan fingerprint density at radius 3 is 2.74 bits per heavy atom. The number of hydrogen-bond donors (Lipinski definition) is 0. The van der Waals surface area contributed by atoms with E-state index in [0.29, 0.717) is 11.3 Å². The number of aryl methyl sites for hydroxylation is 1. The van der Waals surface area contributed by atoms with Gasteiger partial charge >= 0.3 is 0 Å². The predicted octanol–water partition coefficient (Wildman–Crippen LogP) is 6.65. The van der Waals surface area contributed by atoms with Crippen molar-refractivity contribution in [1.82, 2.24) is 4.90 Å². The SMILES string of the molecule is C/C=C\C=C1/CN(C2=CC=CCC2)C2CCC(c3ccc(C)cc3)=CC2S1.